The summed E-state index contributed by atoms with van der Waals surface area (Å²) in [5.74, 6) is 1.48. The van der Waals surface area contributed by atoms with Gasteiger partial charge in [0.15, 0.2) is 5.82 Å². The van der Waals surface area contributed by atoms with Gasteiger partial charge in [-0.3, -0.25) is 4.79 Å². The van der Waals surface area contributed by atoms with Gasteiger partial charge in [-0.25, -0.2) is 13.9 Å². The predicted octanol–water partition coefficient (Wildman–Crippen LogP) is 4.98. The van der Waals surface area contributed by atoms with Crippen LogP contribution in [0.5, 0.6) is 0 Å². The zero-order chi connectivity index (χ0) is 22.8. The fourth-order valence-electron chi connectivity index (χ4n) is 4.98. The van der Waals surface area contributed by atoms with Crippen molar-refractivity contribution in [2.45, 2.75) is 78.3 Å². The fourth-order valence-corrected chi connectivity index (χ4v) is 4.98. The number of halogens is 1. The van der Waals surface area contributed by atoms with Crippen LogP contribution in [0.1, 0.15) is 74.8 Å². The molecule has 0 radical (unpaired) electrons. The van der Waals surface area contributed by atoms with Crippen molar-refractivity contribution in [1.29, 1.82) is 0 Å². The van der Waals surface area contributed by atoms with Crippen LogP contribution in [0, 0.1) is 25.6 Å². The van der Waals surface area contributed by atoms with Crippen molar-refractivity contribution in [1.82, 2.24) is 24.5 Å². The highest BCUT2D eigenvalue weighted by atomic mass is 19.1. The Hall–Kier alpha value is -2.83. The first-order valence-corrected chi connectivity index (χ1v) is 11.6. The zero-order valence-corrected chi connectivity index (χ0v) is 19.4. The van der Waals surface area contributed by atoms with E-state index in [-0.39, 0.29) is 30.2 Å². The first-order valence-electron chi connectivity index (χ1n) is 11.6. The predicted molar refractivity (Wildman–Crippen MR) is 122 cm³/mol. The smallest absolute Gasteiger partial charge is 0.252 e. The molecule has 3 aromatic rings. The minimum Gasteiger partial charge on any atom is -0.333 e. The summed E-state index contributed by atoms with van der Waals surface area (Å²) in [5.41, 5.74) is 2.75. The van der Waals surface area contributed by atoms with Gasteiger partial charge in [-0.2, -0.15) is 4.98 Å². The molecule has 4 rings (SSSR count). The number of hydrogen-bond donors (Lipinski definition) is 0. The van der Waals surface area contributed by atoms with Gasteiger partial charge in [0.25, 0.3) is 5.78 Å². The van der Waals surface area contributed by atoms with Gasteiger partial charge in [-0.1, -0.05) is 25.5 Å². The van der Waals surface area contributed by atoms with Crippen LogP contribution in [0.2, 0.25) is 0 Å². The van der Waals surface area contributed by atoms with Gasteiger partial charge >= 0.3 is 0 Å². The summed E-state index contributed by atoms with van der Waals surface area (Å²) >= 11 is 0. The van der Waals surface area contributed by atoms with Crippen LogP contribution in [0.25, 0.3) is 5.78 Å². The molecule has 7 heteroatoms. The summed E-state index contributed by atoms with van der Waals surface area (Å²) in [5, 5.41) is 4.54. The lowest BCUT2D eigenvalue weighted by Gasteiger charge is -2.40. The van der Waals surface area contributed by atoms with Crippen LogP contribution in [0.4, 0.5) is 4.39 Å². The molecule has 1 aliphatic carbocycles. The molecule has 1 unspecified atom stereocenters. The number of nitrogens with zero attached hydrogens (tertiary/aromatic N) is 5. The van der Waals surface area contributed by atoms with Crippen LogP contribution in [-0.4, -0.2) is 36.4 Å². The van der Waals surface area contributed by atoms with Crippen LogP contribution in [0.3, 0.4) is 0 Å². The highest BCUT2D eigenvalue weighted by Crippen LogP contribution is 2.34. The molecule has 2 aromatic heterocycles. The van der Waals surface area contributed by atoms with Crippen LogP contribution in [0.15, 0.2) is 30.3 Å². The molecule has 1 saturated carbocycles. The number of fused-ring (bicyclic) bond motifs is 1. The molecule has 0 aliphatic heterocycles. The largest absolute Gasteiger partial charge is 0.333 e. The maximum absolute atomic E-state index is 13.6. The first-order chi connectivity index (χ1) is 15.4. The molecule has 2 heterocycles. The molecule has 0 saturated heterocycles. The second-order valence-electron chi connectivity index (χ2n) is 9.07. The number of amides is 1. The number of hydrogen-bond acceptors (Lipinski definition) is 4. The van der Waals surface area contributed by atoms with Crippen molar-refractivity contribution in [3.05, 3.63) is 58.9 Å². The van der Waals surface area contributed by atoms with E-state index in [4.69, 9.17) is 0 Å². The van der Waals surface area contributed by atoms with E-state index in [1.54, 1.807) is 16.6 Å². The Bertz CT molecular complexity index is 1090. The maximum atomic E-state index is 13.6. The quantitative estimate of drug-likeness (QED) is 0.546. The normalized spacial score (nSPS) is 19.8. The van der Waals surface area contributed by atoms with Gasteiger partial charge < -0.3 is 4.90 Å². The summed E-state index contributed by atoms with van der Waals surface area (Å²) in [4.78, 5) is 24.6. The van der Waals surface area contributed by atoms with Crippen molar-refractivity contribution in [3.63, 3.8) is 0 Å². The van der Waals surface area contributed by atoms with Gasteiger partial charge in [0.1, 0.15) is 5.82 Å². The summed E-state index contributed by atoms with van der Waals surface area (Å²) in [6, 6.07) is 8.44. The van der Waals surface area contributed by atoms with Crippen molar-refractivity contribution < 1.29 is 9.18 Å². The molecule has 32 heavy (non-hydrogen) atoms. The summed E-state index contributed by atoms with van der Waals surface area (Å²) in [7, 11) is 0. The Kier molecular flexibility index (Phi) is 6.53. The van der Waals surface area contributed by atoms with Gasteiger partial charge in [0.05, 0.1) is 12.5 Å². The average molecular weight is 438 g/mol. The Morgan fingerprint density at radius 3 is 2.50 bits per heavy atom. The van der Waals surface area contributed by atoms with Crippen LogP contribution >= 0.6 is 0 Å². The van der Waals surface area contributed by atoms with Crippen molar-refractivity contribution in [3.8, 4) is 0 Å². The molecule has 1 aliphatic rings. The average Bonchev–Trinajstić information content (AvgIpc) is 3.17. The minimum absolute atomic E-state index is 0.00653. The van der Waals surface area contributed by atoms with E-state index in [2.05, 4.69) is 22.0 Å². The van der Waals surface area contributed by atoms with Crippen molar-refractivity contribution in [2.75, 3.05) is 0 Å². The molecule has 1 fully saturated rings. The van der Waals surface area contributed by atoms with Gasteiger partial charge in [-0.05, 0) is 76.1 Å². The van der Waals surface area contributed by atoms with E-state index in [1.165, 1.54) is 18.6 Å². The summed E-state index contributed by atoms with van der Waals surface area (Å²) in [6.07, 6.45) is 5.57. The van der Waals surface area contributed by atoms with Gasteiger partial charge in [0, 0.05) is 17.4 Å². The molecule has 0 bridgehead atoms. The minimum atomic E-state index is -0.269. The third kappa shape index (κ3) is 4.66. The van der Waals surface area contributed by atoms with Crippen LogP contribution < -0.4 is 0 Å². The van der Waals surface area contributed by atoms with Gasteiger partial charge in [-0.15, -0.1) is 5.10 Å². The second-order valence-corrected chi connectivity index (χ2v) is 9.07. The maximum Gasteiger partial charge on any atom is 0.252 e. The Balaban J connectivity index is 1.60. The lowest BCUT2D eigenvalue weighted by Crippen LogP contribution is -2.44. The number of carbonyl (C=O) groups is 1. The van der Waals surface area contributed by atoms with Crippen LogP contribution in [-0.2, 0) is 11.2 Å². The highest BCUT2D eigenvalue weighted by Gasteiger charge is 2.32. The van der Waals surface area contributed by atoms with E-state index in [9.17, 15) is 9.18 Å². The molecule has 1 amide bonds. The first kappa shape index (κ1) is 22.4. The summed E-state index contributed by atoms with van der Waals surface area (Å²) < 4.78 is 15.2. The Morgan fingerprint density at radius 2 is 1.84 bits per heavy atom. The van der Waals surface area contributed by atoms with E-state index >= 15 is 0 Å². The number of benzene rings is 1. The molecule has 6 nitrogen and oxygen atoms in total. The summed E-state index contributed by atoms with van der Waals surface area (Å²) in [6.45, 7) is 8.15. The number of rotatable bonds is 6. The Labute approximate surface area is 188 Å². The third-order valence-electron chi connectivity index (χ3n) is 6.82. The molecule has 170 valence electrons. The van der Waals surface area contributed by atoms with E-state index < -0.39 is 0 Å². The van der Waals surface area contributed by atoms with E-state index in [1.807, 2.05) is 31.7 Å². The van der Waals surface area contributed by atoms with E-state index in [0.29, 0.717) is 11.6 Å². The number of aromatic nitrogens is 4. The van der Waals surface area contributed by atoms with Gasteiger partial charge in [0.2, 0.25) is 5.91 Å². The molecular weight excluding hydrogens is 405 g/mol. The topological polar surface area (TPSA) is 63.4 Å². The number of carbonyl (C=O) groups excluding carboxylic acids is 1. The van der Waals surface area contributed by atoms with Crippen molar-refractivity contribution >= 4 is 11.7 Å². The van der Waals surface area contributed by atoms with E-state index in [0.717, 1.165) is 48.6 Å². The molecule has 1 atom stereocenters. The molecule has 0 N–H and O–H groups in total. The second kappa shape index (κ2) is 9.35. The Morgan fingerprint density at radius 1 is 1.16 bits per heavy atom. The SMILES string of the molecule is CCC1CCC(N(C(=O)Cc2nc3nc(C)cc(C)n3n2)C(C)c2ccc(F)cc2)CC1. The molecule has 0 spiro atoms. The molecule has 1 aromatic carbocycles. The molecular formula is C25H32FN5O. The lowest BCUT2D eigenvalue weighted by atomic mass is 9.83. The lowest BCUT2D eigenvalue weighted by molar-refractivity contribution is -0.136. The third-order valence-corrected chi connectivity index (χ3v) is 6.82. The fraction of sp³-hybridized carbons (Fsp3) is 0.520. The van der Waals surface area contributed by atoms with Crippen molar-refractivity contribution in [2.24, 2.45) is 5.92 Å². The monoisotopic (exact) mass is 437 g/mol. The zero-order valence-electron chi connectivity index (χ0n) is 19.4. The highest BCUT2D eigenvalue weighted by molar-refractivity contribution is 5.79. The number of aryl methyl sites for hydroxylation is 2. The standard InChI is InChI=1S/C25H32FN5O/c1-5-19-6-12-22(13-7-19)30(18(4)20-8-10-21(26)11-9-20)24(32)15-23-28-25-27-16(2)14-17(3)31(25)29-23/h8-11,14,18-19,22H,5-7,12-13,15H2,1-4H3.